The second-order valence-corrected chi connectivity index (χ2v) is 7.46. The molecule has 0 atom stereocenters. The predicted molar refractivity (Wildman–Crippen MR) is 116 cm³/mol. The smallest absolute Gasteiger partial charge is 0.338 e. The molecule has 8 nitrogen and oxygen atoms in total. The van der Waals surface area contributed by atoms with Crippen molar-refractivity contribution in [3.63, 3.8) is 0 Å². The van der Waals surface area contributed by atoms with Gasteiger partial charge in [0.1, 0.15) is 17.9 Å². The van der Waals surface area contributed by atoms with Crippen LogP contribution in [0.15, 0.2) is 57.7 Å². The SMILES string of the molecule is Cc1cc(=O)oc2cc(OCc3ccc(C(=O)OCC(=O)N4CCOCC4)cc3)ccc12. The first-order valence-corrected chi connectivity index (χ1v) is 10.3. The molecule has 0 unspecified atom stereocenters. The lowest BCUT2D eigenvalue weighted by Crippen LogP contribution is -2.42. The van der Waals surface area contributed by atoms with Gasteiger partial charge in [0.2, 0.25) is 0 Å². The van der Waals surface area contributed by atoms with E-state index in [0.717, 1.165) is 16.5 Å². The van der Waals surface area contributed by atoms with Crippen molar-refractivity contribution in [3.05, 3.63) is 75.6 Å². The van der Waals surface area contributed by atoms with E-state index in [1.807, 2.05) is 19.1 Å². The van der Waals surface area contributed by atoms with Crippen molar-refractivity contribution in [2.45, 2.75) is 13.5 Å². The van der Waals surface area contributed by atoms with E-state index >= 15 is 0 Å². The zero-order chi connectivity index (χ0) is 22.5. The van der Waals surface area contributed by atoms with Gasteiger partial charge in [-0.1, -0.05) is 12.1 Å². The van der Waals surface area contributed by atoms with Gasteiger partial charge in [-0.25, -0.2) is 9.59 Å². The van der Waals surface area contributed by atoms with E-state index in [1.165, 1.54) is 6.07 Å². The summed E-state index contributed by atoms with van der Waals surface area (Å²) < 4.78 is 21.4. The summed E-state index contributed by atoms with van der Waals surface area (Å²) in [6.07, 6.45) is 0. The van der Waals surface area contributed by atoms with Gasteiger partial charge in [0, 0.05) is 30.6 Å². The molecule has 1 aliphatic rings. The molecular weight excluding hydrogens is 414 g/mol. The number of esters is 1. The Kier molecular flexibility index (Phi) is 6.51. The molecule has 166 valence electrons. The Labute approximate surface area is 184 Å². The van der Waals surface area contributed by atoms with Crippen molar-refractivity contribution in [1.82, 2.24) is 4.90 Å². The zero-order valence-electron chi connectivity index (χ0n) is 17.7. The monoisotopic (exact) mass is 437 g/mol. The minimum absolute atomic E-state index is 0.229. The normalized spacial score (nSPS) is 13.7. The molecule has 1 fully saturated rings. The highest BCUT2D eigenvalue weighted by Gasteiger charge is 2.18. The summed E-state index contributed by atoms with van der Waals surface area (Å²) in [7, 11) is 0. The number of ether oxygens (including phenoxy) is 3. The molecule has 8 heteroatoms. The van der Waals surface area contributed by atoms with Crippen LogP contribution in [0, 0.1) is 6.92 Å². The van der Waals surface area contributed by atoms with Gasteiger partial charge in [-0.2, -0.15) is 0 Å². The number of rotatable bonds is 6. The van der Waals surface area contributed by atoms with Crippen LogP contribution >= 0.6 is 0 Å². The summed E-state index contributed by atoms with van der Waals surface area (Å²) in [6, 6.07) is 13.6. The highest BCUT2D eigenvalue weighted by molar-refractivity contribution is 5.91. The molecule has 1 saturated heterocycles. The van der Waals surface area contributed by atoms with Crippen molar-refractivity contribution in [1.29, 1.82) is 0 Å². The highest BCUT2D eigenvalue weighted by atomic mass is 16.5. The van der Waals surface area contributed by atoms with E-state index in [2.05, 4.69) is 0 Å². The molecule has 1 amide bonds. The Balaban J connectivity index is 1.31. The average Bonchev–Trinajstić information content (AvgIpc) is 2.81. The number of hydrogen-bond donors (Lipinski definition) is 0. The second-order valence-electron chi connectivity index (χ2n) is 7.46. The number of hydrogen-bond acceptors (Lipinski definition) is 7. The van der Waals surface area contributed by atoms with Crippen molar-refractivity contribution >= 4 is 22.8 Å². The van der Waals surface area contributed by atoms with E-state index in [0.29, 0.717) is 43.2 Å². The number of morpholine rings is 1. The summed E-state index contributed by atoms with van der Waals surface area (Å²) in [5.74, 6) is -0.219. The molecule has 0 saturated carbocycles. The summed E-state index contributed by atoms with van der Waals surface area (Å²) in [5, 5.41) is 0.854. The quantitative estimate of drug-likeness (QED) is 0.432. The van der Waals surface area contributed by atoms with Gasteiger partial charge in [0.25, 0.3) is 5.91 Å². The number of benzene rings is 2. The van der Waals surface area contributed by atoms with Gasteiger partial charge >= 0.3 is 11.6 Å². The van der Waals surface area contributed by atoms with Gasteiger partial charge in [-0.05, 0) is 42.3 Å². The molecule has 0 bridgehead atoms. The summed E-state index contributed by atoms with van der Waals surface area (Å²) in [6.45, 7) is 3.84. The first kappa shape index (κ1) is 21.6. The number of amides is 1. The molecule has 2 heterocycles. The molecule has 0 N–H and O–H groups in total. The van der Waals surface area contributed by atoms with Gasteiger partial charge in [0.05, 0.1) is 18.8 Å². The van der Waals surface area contributed by atoms with Crippen LogP contribution < -0.4 is 10.4 Å². The fourth-order valence-electron chi connectivity index (χ4n) is 3.41. The van der Waals surface area contributed by atoms with Gasteiger partial charge in [-0.3, -0.25) is 4.79 Å². The van der Waals surface area contributed by atoms with Crippen LogP contribution in [0.1, 0.15) is 21.5 Å². The second kappa shape index (κ2) is 9.65. The summed E-state index contributed by atoms with van der Waals surface area (Å²) in [4.78, 5) is 37.5. The number of carbonyl (C=O) groups is 2. The predicted octanol–water partition coefficient (Wildman–Crippen LogP) is 2.70. The summed E-state index contributed by atoms with van der Waals surface area (Å²) >= 11 is 0. The number of aryl methyl sites for hydroxylation is 1. The minimum Gasteiger partial charge on any atom is -0.489 e. The van der Waals surface area contributed by atoms with E-state index < -0.39 is 11.6 Å². The van der Waals surface area contributed by atoms with Crippen LogP contribution in [0.4, 0.5) is 0 Å². The minimum atomic E-state index is -0.556. The van der Waals surface area contributed by atoms with Crippen LogP contribution in [0.2, 0.25) is 0 Å². The van der Waals surface area contributed by atoms with E-state index in [9.17, 15) is 14.4 Å². The fourth-order valence-corrected chi connectivity index (χ4v) is 3.41. The zero-order valence-corrected chi connectivity index (χ0v) is 17.7. The first-order chi connectivity index (χ1) is 15.5. The van der Waals surface area contributed by atoms with Crippen LogP contribution in [-0.2, 0) is 20.9 Å². The Morgan fingerprint density at radius 2 is 1.78 bits per heavy atom. The molecule has 32 heavy (non-hydrogen) atoms. The van der Waals surface area contributed by atoms with Gasteiger partial charge < -0.3 is 23.5 Å². The van der Waals surface area contributed by atoms with Gasteiger partial charge in [0.15, 0.2) is 6.61 Å². The number of fused-ring (bicyclic) bond motifs is 1. The molecule has 0 spiro atoms. The molecule has 1 aromatic heterocycles. The lowest BCUT2D eigenvalue weighted by molar-refractivity contribution is -0.138. The van der Waals surface area contributed by atoms with E-state index in [-0.39, 0.29) is 19.1 Å². The average molecular weight is 437 g/mol. The maximum absolute atomic E-state index is 12.2. The number of carbonyl (C=O) groups excluding carboxylic acids is 2. The van der Waals surface area contributed by atoms with Gasteiger partial charge in [-0.15, -0.1) is 0 Å². The number of nitrogens with zero attached hydrogens (tertiary/aromatic N) is 1. The van der Waals surface area contributed by atoms with Crippen LogP contribution in [0.3, 0.4) is 0 Å². The lowest BCUT2D eigenvalue weighted by Gasteiger charge is -2.26. The maximum Gasteiger partial charge on any atom is 0.338 e. The largest absolute Gasteiger partial charge is 0.489 e. The Morgan fingerprint density at radius 3 is 2.53 bits per heavy atom. The first-order valence-electron chi connectivity index (χ1n) is 10.3. The van der Waals surface area contributed by atoms with Crippen LogP contribution in [-0.4, -0.2) is 49.7 Å². The van der Waals surface area contributed by atoms with Crippen molar-refractivity contribution in [2.24, 2.45) is 0 Å². The van der Waals surface area contributed by atoms with Crippen molar-refractivity contribution < 1.29 is 28.2 Å². The molecule has 3 aromatic rings. The molecule has 0 aliphatic carbocycles. The third-order valence-corrected chi connectivity index (χ3v) is 5.21. The standard InChI is InChI=1S/C24H23NO7/c1-16-12-23(27)32-21-13-19(6-7-20(16)21)30-14-17-2-4-18(5-3-17)24(28)31-15-22(26)25-8-10-29-11-9-25/h2-7,12-13H,8-11,14-15H2,1H3. The Hall–Kier alpha value is -3.65. The fraction of sp³-hybridized carbons (Fsp3) is 0.292. The lowest BCUT2D eigenvalue weighted by atomic mass is 10.1. The third-order valence-electron chi connectivity index (χ3n) is 5.21. The molecule has 0 radical (unpaired) electrons. The topological polar surface area (TPSA) is 95.3 Å². The Bertz CT molecular complexity index is 1180. The Morgan fingerprint density at radius 1 is 1.03 bits per heavy atom. The highest BCUT2D eigenvalue weighted by Crippen LogP contribution is 2.23. The summed E-state index contributed by atoms with van der Waals surface area (Å²) in [5.41, 5.74) is 2.11. The molecule has 2 aromatic carbocycles. The van der Waals surface area contributed by atoms with Crippen molar-refractivity contribution in [2.75, 3.05) is 32.9 Å². The van der Waals surface area contributed by atoms with Crippen molar-refractivity contribution in [3.8, 4) is 5.75 Å². The van der Waals surface area contributed by atoms with Crippen LogP contribution in [0.5, 0.6) is 5.75 Å². The third kappa shape index (κ3) is 5.15. The molecule has 4 rings (SSSR count). The van der Waals surface area contributed by atoms with E-state index in [1.54, 1.807) is 35.2 Å². The van der Waals surface area contributed by atoms with Crippen LogP contribution in [0.25, 0.3) is 11.0 Å². The maximum atomic E-state index is 12.2. The molecular formula is C24H23NO7. The molecule has 1 aliphatic heterocycles. The van der Waals surface area contributed by atoms with E-state index in [4.69, 9.17) is 18.6 Å².